The SMILES string of the molecule is CC(CC(F)(F)F)NC(=O)C(C)(C)C(C)(C)N. The van der Waals surface area contributed by atoms with Crippen LogP contribution in [0, 0.1) is 5.41 Å². The lowest BCUT2D eigenvalue weighted by atomic mass is 9.74. The summed E-state index contributed by atoms with van der Waals surface area (Å²) in [5, 5.41) is 2.34. The third kappa shape index (κ3) is 4.93. The standard InChI is InChI=1S/C11H21F3N2O/c1-7(6-11(12,13)14)16-8(17)9(2,3)10(4,5)15/h7H,6,15H2,1-5H3,(H,16,17). The van der Waals surface area contributed by atoms with E-state index in [1.54, 1.807) is 27.7 Å². The van der Waals surface area contributed by atoms with Crippen LogP contribution in [-0.2, 0) is 4.79 Å². The zero-order chi connectivity index (χ0) is 14.1. The minimum absolute atomic E-state index is 0.471. The van der Waals surface area contributed by atoms with Crippen LogP contribution in [0.4, 0.5) is 13.2 Å². The fourth-order valence-corrected chi connectivity index (χ4v) is 1.10. The van der Waals surface area contributed by atoms with Crippen LogP contribution >= 0.6 is 0 Å². The number of alkyl halides is 3. The van der Waals surface area contributed by atoms with Gasteiger partial charge in [-0.05, 0) is 34.6 Å². The van der Waals surface area contributed by atoms with E-state index in [4.69, 9.17) is 5.73 Å². The molecule has 0 aliphatic rings. The van der Waals surface area contributed by atoms with Crippen LogP contribution in [0.1, 0.15) is 41.0 Å². The van der Waals surface area contributed by atoms with E-state index in [1.807, 2.05) is 0 Å². The van der Waals surface area contributed by atoms with E-state index in [0.29, 0.717) is 0 Å². The molecule has 0 saturated carbocycles. The summed E-state index contributed by atoms with van der Waals surface area (Å²) < 4.78 is 36.3. The maximum atomic E-state index is 12.1. The average Bonchev–Trinajstić information content (AvgIpc) is 1.97. The summed E-state index contributed by atoms with van der Waals surface area (Å²) in [6.45, 7) is 7.89. The lowest BCUT2D eigenvalue weighted by molar-refractivity contribution is -0.144. The van der Waals surface area contributed by atoms with Crippen molar-refractivity contribution in [2.75, 3.05) is 0 Å². The summed E-state index contributed by atoms with van der Waals surface area (Å²) >= 11 is 0. The Bertz CT molecular complexity index is 279. The smallest absolute Gasteiger partial charge is 0.353 e. The quantitative estimate of drug-likeness (QED) is 0.808. The van der Waals surface area contributed by atoms with Crippen LogP contribution < -0.4 is 11.1 Å². The van der Waals surface area contributed by atoms with Crippen molar-refractivity contribution in [3.05, 3.63) is 0 Å². The van der Waals surface area contributed by atoms with Gasteiger partial charge >= 0.3 is 6.18 Å². The molecule has 102 valence electrons. The first-order chi connectivity index (χ1) is 7.27. The van der Waals surface area contributed by atoms with E-state index >= 15 is 0 Å². The van der Waals surface area contributed by atoms with Gasteiger partial charge in [-0.15, -0.1) is 0 Å². The average molecular weight is 254 g/mol. The fraction of sp³-hybridized carbons (Fsp3) is 0.909. The second-order valence-electron chi connectivity index (χ2n) is 5.54. The van der Waals surface area contributed by atoms with E-state index in [-0.39, 0.29) is 0 Å². The molecule has 0 heterocycles. The molecule has 1 atom stereocenters. The summed E-state index contributed by atoms with van der Waals surface area (Å²) in [4.78, 5) is 11.8. The third-order valence-electron chi connectivity index (χ3n) is 3.09. The summed E-state index contributed by atoms with van der Waals surface area (Å²) in [6.07, 6.45) is -5.32. The molecule has 6 heteroatoms. The zero-order valence-electron chi connectivity index (χ0n) is 10.9. The molecule has 0 saturated heterocycles. The molecular formula is C11H21F3N2O. The van der Waals surface area contributed by atoms with E-state index < -0.39 is 35.5 Å². The Kier molecular flexibility index (Phi) is 4.62. The number of hydrogen-bond donors (Lipinski definition) is 2. The van der Waals surface area contributed by atoms with Gasteiger partial charge in [-0.2, -0.15) is 13.2 Å². The highest BCUT2D eigenvalue weighted by Crippen LogP contribution is 2.29. The first-order valence-corrected chi connectivity index (χ1v) is 5.44. The molecule has 3 N–H and O–H groups in total. The van der Waals surface area contributed by atoms with E-state index in [1.165, 1.54) is 6.92 Å². The van der Waals surface area contributed by atoms with Crippen molar-refractivity contribution < 1.29 is 18.0 Å². The first-order valence-electron chi connectivity index (χ1n) is 5.44. The van der Waals surface area contributed by atoms with Crippen molar-refractivity contribution in [2.45, 2.75) is 58.8 Å². The van der Waals surface area contributed by atoms with Gasteiger partial charge in [0.1, 0.15) is 0 Å². The molecule has 0 aromatic heterocycles. The maximum absolute atomic E-state index is 12.1. The molecule has 0 aromatic carbocycles. The molecule has 1 amide bonds. The summed E-state index contributed by atoms with van der Waals surface area (Å²) in [7, 11) is 0. The molecule has 17 heavy (non-hydrogen) atoms. The topological polar surface area (TPSA) is 55.1 Å². The molecule has 0 bridgehead atoms. The number of nitrogens with two attached hydrogens (primary N) is 1. The van der Waals surface area contributed by atoms with Gasteiger partial charge in [0.15, 0.2) is 0 Å². The number of hydrogen-bond acceptors (Lipinski definition) is 2. The molecule has 0 aliphatic carbocycles. The molecule has 0 fully saturated rings. The van der Waals surface area contributed by atoms with Crippen molar-refractivity contribution in [1.82, 2.24) is 5.32 Å². The Morgan fingerprint density at radius 2 is 1.65 bits per heavy atom. The highest BCUT2D eigenvalue weighted by atomic mass is 19.4. The molecular weight excluding hydrogens is 233 g/mol. The molecule has 0 aromatic rings. The van der Waals surface area contributed by atoms with Gasteiger partial charge in [0, 0.05) is 11.6 Å². The van der Waals surface area contributed by atoms with E-state index in [0.717, 1.165) is 0 Å². The normalized spacial score (nSPS) is 15.6. The van der Waals surface area contributed by atoms with Gasteiger partial charge in [-0.3, -0.25) is 4.79 Å². The van der Waals surface area contributed by atoms with E-state index in [2.05, 4.69) is 5.32 Å². The van der Waals surface area contributed by atoms with Gasteiger partial charge < -0.3 is 11.1 Å². The minimum atomic E-state index is -4.28. The lowest BCUT2D eigenvalue weighted by Gasteiger charge is -2.37. The fourth-order valence-electron chi connectivity index (χ4n) is 1.10. The Morgan fingerprint density at radius 1 is 1.24 bits per heavy atom. The van der Waals surface area contributed by atoms with Gasteiger partial charge in [-0.25, -0.2) is 0 Å². The largest absolute Gasteiger partial charge is 0.391 e. The Balaban J connectivity index is 4.56. The predicted octanol–water partition coefficient (Wildman–Crippen LogP) is 2.21. The molecule has 3 nitrogen and oxygen atoms in total. The third-order valence-corrected chi connectivity index (χ3v) is 3.09. The van der Waals surface area contributed by atoms with Crippen molar-refractivity contribution >= 4 is 5.91 Å². The number of carbonyl (C=O) groups excluding carboxylic acids is 1. The maximum Gasteiger partial charge on any atom is 0.391 e. The minimum Gasteiger partial charge on any atom is -0.353 e. The Morgan fingerprint density at radius 3 is 1.94 bits per heavy atom. The number of halogens is 3. The first kappa shape index (κ1) is 16.2. The van der Waals surface area contributed by atoms with Crippen LogP contribution in [0.2, 0.25) is 0 Å². The highest BCUT2D eigenvalue weighted by Gasteiger charge is 2.41. The van der Waals surface area contributed by atoms with Gasteiger partial charge in [0.25, 0.3) is 0 Å². The molecule has 0 radical (unpaired) electrons. The predicted molar refractivity (Wildman–Crippen MR) is 60.3 cm³/mol. The monoisotopic (exact) mass is 254 g/mol. The van der Waals surface area contributed by atoms with Crippen molar-refractivity contribution in [3.8, 4) is 0 Å². The summed E-state index contributed by atoms with van der Waals surface area (Å²) in [5.41, 5.74) is 4.09. The number of nitrogens with one attached hydrogen (secondary N) is 1. The molecule has 1 unspecified atom stereocenters. The zero-order valence-corrected chi connectivity index (χ0v) is 10.9. The van der Waals surface area contributed by atoms with Crippen LogP contribution in [0.3, 0.4) is 0 Å². The summed E-state index contributed by atoms with van der Waals surface area (Å²) in [5.74, 6) is -0.471. The number of carbonyl (C=O) groups is 1. The van der Waals surface area contributed by atoms with Crippen molar-refractivity contribution in [3.63, 3.8) is 0 Å². The van der Waals surface area contributed by atoms with Crippen LogP contribution in [0.15, 0.2) is 0 Å². The highest BCUT2D eigenvalue weighted by molar-refractivity contribution is 5.83. The Hall–Kier alpha value is -0.780. The van der Waals surface area contributed by atoms with Crippen molar-refractivity contribution in [2.24, 2.45) is 11.1 Å². The van der Waals surface area contributed by atoms with Gasteiger partial charge in [-0.1, -0.05) is 0 Å². The second kappa shape index (κ2) is 4.84. The Labute approximate surface area is 99.9 Å². The van der Waals surface area contributed by atoms with Crippen LogP contribution in [-0.4, -0.2) is 23.7 Å². The second-order valence-corrected chi connectivity index (χ2v) is 5.54. The lowest BCUT2D eigenvalue weighted by Crippen LogP contribution is -2.57. The molecule has 0 spiro atoms. The van der Waals surface area contributed by atoms with Crippen molar-refractivity contribution in [1.29, 1.82) is 0 Å². The van der Waals surface area contributed by atoms with Crippen LogP contribution in [0.5, 0.6) is 0 Å². The van der Waals surface area contributed by atoms with Gasteiger partial charge in [0.05, 0.1) is 11.8 Å². The number of amides is 1. The van der Waals surface area contributed by atoms with Gasteiger partial charge in [0.2, 0.25) is 5.91 Å². The summed E-state index contributed by atoms with van der Waals surface area (Å²) in [6, 6.07) is -0.955. The number of rotatable bonds is 4. The molecule has 0 aliphatic heterocycles. The van der Waals surface area contributed by atoms with Crippen LogP contribution in [0.25, 0.3) is 0 Å². The van der Waals surface area contributed by atoms with E-state index in [9.17, 15) is 18.0 Å². The molecule has 0 rings (SSSR count).